The second kappa shape index (κ2) is 9.74. The Morgan fingerprint density at radius 3 is 2.26 bits per heavy atom. The van der Waals surface area contributed by atoms with E-state index in [1.807, 2.05) is 30.3 Å². The Balaban J connectivity index is 1.58. The maximum absolute atomic E-state index is 13.1. The number of nitrogens with zero attached hydrogens (tertiary/aromatic N) is 5. The van der Waals surface area contributed by atoms with Crippen molar-refractivity contribution in [3.8, 4) is 16.9 Å². The monoisotopic (exact) mass is 483 g/mol. The van der Waals surface area contributed by atoms with E-state index in [0.717, 1.165) is 5.69 Å². The summed E-state index contributed by atoms with van der Waals surface area (Å²) in [5.41, 5.74) is 2.72. The molecule has 0 aliphatic carbocycles. The minimum atomic E-state index is -3.27. The first-order chi connectivity index (χ1) is 16.3. The molecule has 10 nitrogen and oxygen atoms in total. The zero-order valence-electron chi connectivity index (χ0n) is 18.7. The van der Waals surface area contributed by atoms with Crippen molar-refractivity contribution in [2.45, 2.75) is 13.3 Å². The van der Waals surface area contributed by atoms with Crippen LogP contribution in [-0.2, 0) is 21.2 Å². The largest absolute Gasteiger partial charge is 0.340 e. The van der Waals surface area contributed by atoms with E-state index in [2.05, 4.69) is 5.10 Å². The molecule has 0 spiro atoms. The summed E-state index contributed by atoms with van der Waals surface area (Å²) in [4.78, 5) is 25.3. The number of benzene rings is 2. The number of rotatable bonds is 7. The van der Waals surface area contributed by atoms with E-state index in [1.165, 1.54) is 16.4 Å². The molecule has 0 radical (unpaired) electrons. The number of amides is 1. The van der Waals surface area contributed by atoms with Crippen LogP contribution in [0.2, 0.25) is 0 Å². The molecule has 4 rings (SSSR count). The third-order valence-electron chi connectivity index (χ3n) is 5.85. The summed E-state index contributed by atoms with van der Waals surface area (Å²) < 4.78 is 27.3. The zero-order chi connectivity index (χ0) is 24.3. The highest BCUT2D eigenvalue weighted by Gasteiger charge is 2.28. The van der Waals surface area contributed by atoms with Crippen LogP contribution in [0.25, 0.3) is 16.9 Å². The standard InChI is InChI=1S/C23H25N5O5S/c1-2-34(32,33)26-14-12-25(13-15-26)22(29)16-19-17-27(20-6-4-3-5-7-20)24-23(19)18-8-10-21(11-9-18)28(30)31/h3-11,17H,2,12-16H2,1H3. The molecule has 1 aliphatic heterocycles. The van der Waals surface area contributed by atoms with Gasteiger partial charge in [-0.3, -0.25) is 14.9 Å². The van der Waals surface area contributed by atoms with E-state index in [9.17, 15) is 23.3 Å². The van der Waals surface area contributed by atoms with Gasteiger partial charge in [-0.05, 0) is 31.2 Å². The van der Waals surface area contributed by atoms with Crippen molar-refractivity contribution >= 4 is 21.6 Å². The number of para-hydroxylation sites is 1. The third kappa shape index (κ3) is 5.00. The summed E-state index contributed by atoms with van der Waals surface area (Å²) in [5, 5.41) is 15.7. The van der Waals surface area contributed by atoms with Gasteiger partial charge in [-0.25, -0.2) is 13.1 Å². The highest BCUT2D eigenvalue weighted by atomic mass is 32.2. The zero-order valence-corrected chi connectivity index (χ0v) is 19.5. The van der Waals surface area contributed by atoms with Gasteiger partial charge in [0.05, 0.1) is 28.5 Å². The van der Waals surface area contributed by atoms with Crippen LogP contribution in [0, 0.1) is 10.1 Å². The molecule has 2 aromatic carbocycles. The molecule has 2 heterocycles. The van der Waals surface area contributed by atoms with Crippen molar-refractivity contribution in [3.05, 3.63) is 76.5 Å². The summed E-state index contributed by atoms with van der Waals surface area (Å²) in [6.45, 7) is 2.83. The van der Waals surface area contributed by atoms with Crippen molar-refractivity contribution in [3.63, 3.8) is 0 Å². The first-order valence-corrected chi connectivity index (χ1v) is 12.5. The van der Waals surface area contributed by atoms with Crippen LogP contribution in [0.15, 0.2) is 60.8 Å². The molecule has 3 aromatic rings. The Hall–Kier alpha value is -3.57. The first kappa shape index (κ1) is 23.6. The minimum Gasteiger partial charge on any atom is -0.340 e. The van der Waals surface area contributed by atoms with Gasteiger partial charge in [0.2, 0.25) is 15.9 Å². The number of piperazine rings is 1. The number of hydrogen-bond acceptors (Lipinski definition) is 6. The molecule has 0 N–H and O–H groups in total. The Kier molecular flexibility index (Phi) is 6.75. The molecule has 0 unspecified atom stereocenters. The smallest absolute Gasteiger partial charge is 0.269 e. The first-order valence-electron chi connectivity index (χ1n) is 10.9. The highest BCUT2D eigenvalue weighted by Crippen LogP contribution is 2.27. The lowest BCUT2D eigenvalue weighted by Gasteiger charge is -2.33. The van der Waals surface area contributed by atoms with Crippen LogP contribution in [0.3, 0.4) is 0 Å². The Morgan fingerprint density at radius 1 is 1.03 bits per heavy atom. The van der Waals surface area contributed by atoms with Crippen molar-refractivity contribution in [2.24, 2.45) is 0 Å². The fourth-order valence-electron chi connectivity index (χ4n) is 3.91. The van der Waals surface area contributed by atoms with Gasteiger partial charge in [-0.15, -0.1) is 0 Å². The summed E-state index contributed by atoms with van der Waals surface area (Å²) in [5.74, 6) is -0.0811. The Labute approximate surface area is 197 Å². The van der Waals surface area contributed by atoms with Crippen LogP contribution in [0.4, 0.5) is 5.69 Å². The van der Waals surface area contributed by atoms with E-state index < -0.39 is 14.9 Å². The normalized spacial score (nSPS) is 14.8. The minimum absolute atomic E-state index is 0.0243. The number of carbonyl (C=O) groups excluding carboxylic acids is 1. The fraction of sp³-hybridized carbons (Fsp3) is 0.304. The van der Waals surface area contributed by atoms with Gasteiger partial charge < -0.3 is 4.90 Å². The molecule has 0 saturated carbocycles. The van der Waals surface area contributed by atoms with Gasteiger partial charge in [0.15, 0.2) is 0 Å². The topological polar surface area (TPSA) is 119 Å². The molecule has 1 amide bonds. The average Bonchev–Trinajstić information content (AvgIpc) is 3.28. The van der Waals surface area contributed by atoms with Crippen LogP contribution in [0.1, 0.15) is 12.5 Å². The number of nitro groups is 1. The van der Waals surface area contributed by atoms with Crippen LogP contribution < -0.4 is 0 Å². The van der Waals surface area contributed by atoms with Gasteiger partial charge in [0, 0.05) is 55.6 Å². The molecular weight excluding hydrogens is 458 g/mol. The average molecular weight is 484 g/mol. The number of hydrogen-bond donors (Lipinski definition) is 0. The van der Waals surface area contributed by atoms with E-state index in [4.69, 9.17) is 0 Å². The highest BCUT2D eigenvalue weighted by molar-refractivity contribution is 7.89. The second-order valence-corrected chi connectivity index (χ2v) is 10.2. The lowest BCUT2D eigenvalue weighted by Crippen LogP contribution is -2.51. The van der Waals surface area contributed by atoms with Gasteiger partial charge in [-0.2, -0.15) is 9.40 Å². The van der Waals surface area contributed by atoms with Crippen LogP contribution >= 0.6 is 0 Å². The van der Waals surface area contributed by atoms with E-state index in [0.29, 0.717) is 29.9 Å². The summed E-state index contributed by atoms with van der Waals surface area (Å²) >= 11 is 0. The van der Waals surface area contributed by atoms with Gasteiger partial charge >= 0.3 is 0 Å². The lowest BCUT2D eigenvalue weighted by molar-refractivity contribution is -0.384. The molecule has 0 atom stereocenters. The summed E-state index contributed by atoms with van der Waals surface area (Å²) in [6, 6.07) is 15.5. The number of aromatic nitrogens is 2. The maximum Gasteiger partial charge on any atom is 0.269 e. The SMILES string of the molecule is CCS(=O)(=O)N1CCN(C(=O)Cc2cn(-c3ccccc3)nc2-c2ccc([N+](=O)[O-])cc2)CC1. The van der Waals surface area contributed by atoms with E-state index in [-0.39, 0.29) is 36.9 Å². The third-order valence-corrected chi connectivity index (χ3v) is 7.74. The number of sulfonamides is 1. The predicted octanol–water partition coefficient (Wildman–Crippen LogP) is 2.48. The lowest BCUT2D eigenvalue weighted by atomic mass is 10.0. The predicted molar refractivity (Wildman–Crippen MR) is 127 cm³/mol. The molecule has 11 heteroatoms. The van der Waals surface area contributed by atoms with Crippen molar-refractivity contribution < 1.29 is 18.1 Å². The molecule has 1 saturated heterocycles. The van der Waals surface area contributed by atoms with Crippen LogP contribution in [0.5, 0.6) is 0 Å². The number of non-ortho nitro benzene ring substituents is 1. The second-order valence-electron chi connectivity index (χ2n) is 7.94. The molecular formula is C23H25N5O5S. The van der Waals surface area contributed by atoms with Gasteiger partial charge in [0.1, 0.15) is 0 Å². The fourth-order valence-corrected chi connectivity index (χ4v) is 4.99. The quantitative estimate of drug-likeness (QED) is 0.376. The molecule has 0 bridgehead atoms. The van der Waals surface area contributed by atoms with Gasteiger partial charge in [-0.1, -0.05) is 18.2 Å². The van der Waals surface area contributed by atoms with E-state index in [1.54, 1.807) is 34.8 Å². The number of nitro benzene ring substituents is 1. The summed E-state index contributed by atoms with van der Waals surface area (Å²) in [6.07, 6.45) is 1.88. The molecule has 1 aromatic heterocycles. The summed E-state index contributed by atoms with van der Waals surface area (Å²) in [7, 11) is -3.27. The Bertz CT molecular complexity index is 1280. The molecule has 1 fully saturated rings. The molecule has 1 aliphatic rings. The van der Waals surface area contributed by atoms with Crippen LogP contribution in [-0.4, -0.2) is 70.2 Å². The molecule has 34 heavy (non-hydrogen) atoms. The molecule has 178 valence electrons. The van der Waals surface area contributed by atoms with Crippen molar-refractivity contribution in [2.75, 3.05) is 31.9 Å². The van der Waals surface area contributed by atoms with Crippen molar-refractivity contribution in [1.29, 1.82) is 0 Å². The van der Waals surface area contributed by atoms with Crippen molar-refractivity contribution in [1.82, 2.24) is 19.0 Å². The Morgan fingerprint density at radius 2 is 1.68 bits per heavy atom. The van der Waals surface area contributed by atoms with Gasteiger partial charge in [0.25, 0.3) is 5.69 Å². The number of carbonyl (C=O) groups is 1. The maximum atomic E-state index is 13.1. The van der Waals surface area contributed by atoms with E-state index >= 15 is 0 Å².